The molecule has 1 rings (SSSR count). The van der Waals surface area contributed by atoms with Crippen molar-refractivity contribution in [3.05, 3.63) is 0 Å². The van der Waals surface area contributed by atoms with Crippen LogP contribution in [0.2, 0.25) is 0 Å². The maximum atomic E-state index is 11.9. The highest BCUT2D eigenvalue weighted by Crippen LogP contribution is 2.18. The molecule has 14 heavy (non-hydrogen) atoms. The van der Waals surface area contributed by atoms with Crippen LogP contribution >= 0.6 is 0 Å². The van der Waals surface area contributed by atoms with Crippen molar-refractivity contribution in [1.29, 1.82) is 0 Å². The van der Waals surface area contributed by atoms with E-state index in [4.69, 9.17) is 0 Å². The second kappa shape index (κ2) is 4.29. The van der Waals surface area contributed by atoms with Crippen LogP contribution in [0, 0.1) is 5.92 Å². The lowest BCUT2D eigenvalue weighted by molar-refractivity contribution is -0.118. The maximum Gasteiger partial charge on any atom is 0.407 e. The van der Waals surface area contributed by atoms with Crippen molar-refractivity contribution in [2.75, 3.05) is 26.7 Å². The molecule has 0 aromatic rings. The fraction of sp³-hybridized carbons (Fsp3) is 0.889. The van der Waals surface area contributed by atoms with E-state index in [2.05, 4.69) is 4.99 Å². The first-order valence-electron chi connectivity index (χ1n) is 4.67. The third-order valence-electron chi connectivity index (χ3n) is 2.41. The summed E-state index contributed by atoms with van der Waals surface area (Å²) >= 11 is 0. The van der Waals surface area contributed by atoms with Crippen molar-refractivity contribution in [3.8, 4) is 0 Å². The Hall–Kier alpha value is -0.580. The van der Waals surface area contributed by atoms with Crippen LogP contribution in [0.25, 0.3) is 0 Å². The zero-order valence-electron chi connectivity index (χ0n) is 8.43. The molecular weight excluding hydrogens is 193 g/mol. The van der Waals surface area contributed by atoms with Gasteiger partial charge in [-0.3, -0.25) is 4.99 Å². The molecule has 0 aromatic heterocycles. The predicted molar refractivity (Wildman–Crippen MR) is 49.6 cm³/mol. The standard InChI is InChI=1S/C9H15F3N2/c1-7-3-4-14(2)5-8(7)13-6-9(10,11)12/h7H,3-6H2,1-2H3. The Bertz CT molecular complexity index is 223. The van der Waals surface area contributed by atoms with Gasteiger partial charge in [-0.25, -0.2) is 0 Å². The number of rotatable bonds is 1. The van der Waals surface area contributed by atoms with E-state index in [-0.39, 0.29) is 5.92 Å². The molecule has 1 saturated heterocycles. The first-order valence-corrected chi connectivity index (χ1v) is 4.67. The molecule has 1 unspecified atom stereocenters. The highest BCUT2D eigenvalue weighted by atomic mass is 19.4. The number of aliphatic imine (C=N–C) groups is 1. The molecule has 1 atom stereocenters. The third kappa shape index (κ3) is 3.65. The monoisotopic (exact) mass is 208 g/mol. The maximum absolute atomic E-state index is 11.9. The van der Waals surface area contributed by atoms with Crippen LogP contribution in [0.1, 0.15) is 13.3 Å². The number of hydrogen-bond donors (Lipinski definition) is 0. The Morgan fingerprint density at radius 2 is 2.14 bits per heavy atom. The quantitative estimate of drug-likeness (QED) is 0.643. The van der Waals surface area contributed by atoms with Crippen LogP contribution in [-0.2, 0) is 0 Å². The predicted octanol–water partition coefficient (Wildman–Crippen LogP) is 1.96. The molecule has 0 spiro atoms. The third-order valence-corrected chi connectivity index (χ3v) is 2.41. The summed E-state index contributed by atoms with van der Waals surface area (Å²) in [5.41, 5.74) is 0.677. The van der Waals surface area contributed by atoms with Gasteiger partial charge in [-0.15, -0.1) is 0 Å². The van der Waals surface area contributed by atoms with E-state index in [1.54, 1.807) is 0 Å². The second-order valence-corrected chi connectivity index (χ2v) is 3.85. The molecule has 1 aliphatic rings. The molecule has 0 aromatic carbocycles. The Morgan fingerprint density at radius 3 is 2.71 bits per heavy atom. The molecule has 1 fully saturated rings. The number of halogens is 3. The first kappa shape index (κ1) is 11.5. The van der Waals surface area contributed by atoms with E-state index in [9.17, 15) is 13.2 Å². The van der Waals surface area contributed by atoms with Crippen molar-refractivity contribution in [2.24, 2.45) is 10.9 Å². The van der Waals surface area contributed by atoms with Gasteiger partial charge in [-0.05, 0) is 25.9 Å². The lowest BCUT2D eigenvalue weighted by atomic mass is 9.97. The summed E-state index contributed by atoms with van der Waals surface area (Å²) in [5, 5.41) is 0. The van der Waals surface area contributed by atoms with Gasteiger partial charge in [-0.1, -0.05) is 6.92 Å². The minimum Gasteiger partial charge on any atom is -0.301 e. The summed E-state index contributed by atoms with van der Waals surface area (Å²) in [6.45, 7) is 2.40. The summed E-state index contributed by atoms with van der Waals surface area (Å²) in [6, 6.07) is 0. The molecule has 5 heteroatoms. The molecule has 0 amide bonds. The van der Waals surface area contributed by atoms with Crippen molar-refractivity contribution in [1.82, 2.24) is 4.90 Å². The fourth-order valence-electron chi connectivity index (χ4n) is 1.49. The molecule has 2 nitrogen and oxygen atoms in total. The smallest absolute Gasteiger partial charge is 0.301 e. The van der Waals surface area contributed by atoms with Gasteiger partial charge in [0.1, 0.15) is 6.54 Å². The van der Waals surface area contributed by atoms with Crippen molar-refractivity contribution in [3.63, 3.8) is 0 Å². The highest BCUT2D eigenvalue weighted by Gasteiger charge is 2.28. The van der Waals surface area contributed by atoms with Gasteiger partial charge < -0.3 is 4.90 Å². The van der Waals surface area contributed by atoms with E-state index in [1.807, 2.05) is 18.9 Å². The molecule has 82 valence electrons. The van der Waals surface area contributed by atoms with Crippen molar-refractivity contribution >= 4 is 5.71 Å². The van der Waals surface area contributed by atoms with Crippen LogP contribution in [0.15, 0.2) is 4.99 Å². The second-order valence-electron chi connectivity index (χ2n) is 3.85. The Morgan fingerprint density at radius 1 is 1.50 bits per heavy atom. The average Bonchev–Trinajstić information content (AvgIpc) is 2.05. The van der Waals surface area contributed by atoms with E-state index in [1.165, 1.54) is 0 Å². The topological polar surface area (TPSA) is 15.6 Å². The van der Waals surface area contributed by atoms with E-state index in [0.29, 0.717) is 12.3 Å². The largest absolute Gasteiger partial charge is 0.407 e. The van der Waals surface area contributed by atoms with Gasteiger partial charge in [0.05, 0.1) is 0 Å². The van der Waals surface area contributed by atoms with Crippen molar-refractivity contribution < 1.29 is 13.2 Å². The fourth-order valence-corrected chi connectivity index (χ4v) is 1.49. The van der Waals surface area contributed by atoms with Crippen LogP contribution in [0.5, 0.6) is 0 Å². The minimum atomic E-state index is -4.18. The lowest BCUT2D eigenvalue weighted by Crippen LogP contribution is -2.38. The number of likely N-dealkylation sites (tertiary alicyclic amines) is 1. The van der Waals surface area contributed by atoms with E-state index in [0.717, 1.165) is 13.0 Å². The zero-order chi connectivity index (χ0) is 10.8. The molecule has 0 aliphatic carbocycles. The lowest BCUT2D eigenvalue weighted by Gasteiger charge is -2.28. The number of piperidine rings is 1. The van der Waals surface area contributed by atoms with E-state index >= 15 is 0 Å². The van der Waals surface area contributed by atoms with Gasteiger partial charge in [-0.2, -0.15) is 13.2 Å². The molecule has 0 saturated carbocycles. The summed E-state index contributed by atoms with van der Waals surface area (Å²) in [5.74, 6) is 0.188. The molecule has 1 aliphatic heterocycles. The molecule has 0 N–H and O–H groups in total. The molecule has 0 radical (unpaired) electrons. The van der Waals surface area contributed by atoms with Gasteiger partial charge in [0.2, 0.25) is 0 Å². The van der Waals surface area contributed by atoms with Crippen molar-refractivity contribution in [2.45, 2.75) is 19.5 Å². The summed E-state index contributed by atoms with van der Waals surface area (Å²) in [6.07, 6.45) is -3.28. The van der Waals surface area contributed by atoms with Gasteiger partial charge >= 0.3 is 6.18 Å². The number of hydrogen-bond acceptors (Lipinski definition) is 2. The van der Waals surface area contributed by atoms with E-state index < -0.39 is 12.7 Å². The Labute approximate surface area is 81.8 Å². The van der Waals surface area contributed by atoms with Gasteiger partial charge in [0, 0.05) is 12.3 Å². The SMILES string of the molecule is CC1CCN(C)CC1=NCC(F)(F)F. The Kier molecular flexibility index (Phi) is 3.53. The van der Waals surface area contributed by atoms with Crippen LogP contribution in [0.3, 0.4) is 0 Å². The molecule has 0 bridgehead atoms. The van der Waals surface area contributed by atoms with Gasteiger partial charge in [0.15, 0.2) is 0 Å². The van der Waals surface area contributed by atoms with Crippen LogP contribution in [-0.4, -0.2) is 43.5 Å². The summed E-state index contributed by atoms with van der Waals surface area (Å²) in [7, 11) is 1.90. The molecular formula is C9H15F3N2. The van der Waals surface area contributed by atoms with Crippen LogP contribution in [0.4, 0.5) is 13.2 Å². The highest BCUT2D eigenvalue weighted by molar-refractivity contribution is 5.89. The first-order chi connectivity index (χ1) is 6.38. The summed E-state index contributed by atoms with van der Waals surface area (Å²) < 4.78 is 35.7. The number of nitrogens with zero attached hydrogens (tertiary/aromatic N) is 2. The van der Waals surface area contributed by atoms with Crippen LogP contribution < -0.4 is 0 Å². The number of alkyl halides is 3. The normalized spacial score (nSPS) is 28.4. The average molecular weight is 208 g/mol. The van der Waals surface area contributed by atoms with Gasteiger partial charge in [0.25, 0.3) is 0 Å². The summed E-state index contributed by atoms with van der Waals surface area (Å²) in [4.78, 5) is 5.63. The minimum absolute atomic E-state index is 0.188. The molecule has 1 heterocycles. The zero-order valence-corrected chi connectivity index (χ0v) is 8.43. The Balaban J connectivity index is 2.56.